The van der Waals surface area contributed by atoms with E-state index in [1.807, 2.05) is 13.0 Å². The van der Waals surface area contributed by atoms with Crippen molar-refractivity contribution in [2.75, 3.05) is 12.4 Å². The van der Waals surface area contributed by atoms with E-state index >= 15 is 0 Å². The van der Waals surface area contributed by atoms with Crippen molar-refractivity contribution in [3.63, 3.8) is 0 Å². The largest absolute Gasteiger partial charge is 0.371 e. The summed E-state index contributed by atoms with van der Waals surface area (Å²) in [6, 6.07) is 5.36. The van der Waals surface area contributed by atoms with E-state index in [-0.39, 0.29) is 11.1 Å². The third kappa shape index (κ3) is 2.27. The number of nitrogens with one attached hydrogen (secondary N) is 2. The van der Waals surface area contributed by atoms with Crippen LogP contribution in [0.15, 0.2) is 29.4 Å². The molecule has 2 aromatic heterocycles. The minimum absolute atomic E-state index is 0.0426. The monoisotopic (exact) mass is 294 g/mol. The maximum Gasteiger partial charge on any atom is 0.260 e. The molecule has 1 aliphatic rings. The van der Waals surface area contributed by atoms with E-state index in [1.54, 1.807) is 29.8 Å². The highest BCUT2D eigenvalue weighted by Gasteiger charge is 2.33. The maximum absolute atomic E-state index is 12.6. The van der Waals surface area contributed by atoms with Crippen LogP contribution in [0, 0.1) is 5.92 Å². The zero-order chi connectivity index (χ0) is 14.3. The highest BCUT2D eigenvalue weighted by Crippen LogP contribution is 2.33. The quantitative estimate of drug-likeness (QED) is 0.875. The number of imidazole rings is 1. The lowest BCUT2D eigenvalue weighted by Crippen LogP contribution is -2.35. The molecule has 6 nitrogen and oxygen atoms in total. The SMILES string of the molecule is CNc1nc2ccccn2c1S(=O)(=O)NC(C)C1CC1. The Morgan fingerprint density at radius 1 is 1.40 bits per heavy atom. The summed E-state index contributed by atoms with van der Waals surface area (Å²) in [6.07, 6.45) is 3.89. The molecule has 0 radical (unpaired) electrons. The van der Waals surface area contributed by atoms with Crippen LogP contribution >= 0.6 is 0 Å². The first kappa shape index (κ1) is 13.4. The molecule has 2 heterocycles. The van der Waals surface area contributed by atoms with Crippen molar-refractivity contribution >= 4 is 21.5 Å². The summed E-state index contributed by atoms with van der Waals surface area (Å²) in [5.41, 5.74) is 0.608. The molecule has 2 aromatic rings. The Morgan fingerprint density at radius 2 is 2.15 bits per heavy atom. The average molecular weight is 294 g/mol. The van der Waals surface area contributed by atoms with E-state index < -0.39 is 10.0 Å². The van der Waals surface area contributed by atoms with Crippen LogP contribution in [0.2, 0.25) is 0 Å². The van der Waals surface area contributed by atoms with Gasteiger partial charge in [0.2, 0.25) is 0 Å². The summed E-state index contributed by atoms with van der Waals surface area (Å²) < 4.78 is 29.6. The molecule has 2 N–H and O–H groups in total. The van der Waals surface area contributed by atoms with Crippen molar-refractivity contribution in [1.29, 1.82) is 0 Å². The predicted molar refractivity (Wildman–Crippen MR) is 77.2 cm³/mol. The fraction of sp³-hybridized carbons (Fsp3) is 0.462. The Balaban J connectivity index is 2.07. The summed E-state index contributed by atoms with van der Waals surface area (Å²) in [7, 11) is -1.93. The van der Waals surface area contributed by atoms with Gasteiger partial charge in [0.15, 0.2) is 10.8 Å². The first-order valence-corrected chi connectivity index (χ1v) is 8.18. The molecule has 108 valence electrons. The summed E-state index contributed by atoms with van der Waals surface area (Å²) in [5, 5.41) is 3.03. The molecule has 0 aromatic carbocycles. The number of sulfonamides is 1. The summed E-state index contributed by atoms with van der Waals surface area (Å²) >= 11 is 0. The number of fused-ring (bicyclic) bond motifs is 1. The number of nitrogens with zero attached hydrogens (tertiary/aromatic N) is 2. The van der Waals surface area contributed by atoms with E-state index in [1.165, 1.54) is 0 Å². The van der Waals surface area contributed by atoms with Gasteiger partial charge in [0.1, 0.15) is 5.65 Å². The number of rotatable bonds is 5. The van der Waals surface area contributed by atoms with Crippen LogP contribution in [0.25, 0.3) is 5.65 Å². The number of pyridine rings is 1. The summed E-state index contributed by atoms with van der Waals surface area (Å²) in [4.78, 5) is 4.30. The van der Waals surface area contributed by atoms with Crippen molar-refractivity contribution in [2.45, 2.75) is 30.8 Å². The Hall–Kier alpha value is -1.60. The van der Waals surface area contributed by atoms with Crippen molar-refractivity contribution in [3.05, 3.63) is 24.4 Å². The summed E-state index contributed by atoms with van der Waals surface area (Å²) in [6.45, 7) is 1.91. The van der Waals surface area contributed by atoms with Gasteiger partial charge in [-0.15, -0.1) is 0 Å². The van der Waals surface area contributed by atoms with Gasteiger partial charge in [0.25, 0.3) is 10.0 Å². The lowest BCUT2D eigenvalue weighted by Gasteiger charge is -2.13. The molecule has 1 saturated carbocycles. The number of hydrogen-bond donors (Lipinski definition) is 2. The Kier molecular flexibility index (Phi) is 3.18. The van der Waals surface area contributed by atoms with E-state index in [0.717, 1.165) is 12.8 Å². The van der Waals surface area contributed by atoms with Gasteiger partial charge in [-0.05, 0) is 37.8 Å². The van der Waals surface area contributed by atoms with E-state index in [2.05, 4.69) is 15.0 Å². The lowest BCUT2D eigenvalue weighted by molar-refractivity contribution is 0.535. The van der Waals surface area contributed by atoms with Gasteiger partial charge in [-0.1, -0.05) is 6.07 Å². The van der Waals surface area contributed by atoms with Crippen molar-refractivity contribution in [2.24, 2.45) is 5.92 Å². The first-order chi connectivity index (χ1) is 9.53. The topological polar surface area (TPSA) is 75.5 Å². The molecule has 0 bridgehead atoms. The molecule has 1 fully saturated rings. The maximum atomic E-state index is 12.6. The van der Waals surface area contributed by atoms with E-state index in [4.69, 9.17) is 0 Å². The van der Waals surface area contributed by atoms with Gasteiger partial charge in [-0.2, -0.15) is 0 Å². The molecule has 0 amide bonds. The minimum Gasteiger partial charge on any atom is -0.371 e. The second-order valence-corrected chi connectivity index (χ2v) is 6.82. The van der Waals surface area contributed by atoms with Gasteiger partial charge in [-0.3, -0.25) is 4.40 Å². The molecular weight excluding hydrogens is 276 g/mol. The fourth-order valence-electron chi connectivity index (χ4n) is 2.39. The van der Waals surface area contributed by atoms with Crippen LogP contribution in [0.1, 0.15) is 19.8 Å². The molecule has 1 atom stereocenters. The molecule has 1 unspecified atom stereocenters. The summed E-state index contributed by atoms with van der Waals surface area (Å²) in [5.74, 6) is 0.827. The van der Waals surface area contributed by atoms with E-state index in [9.17, 15) is 8.42 Å². The minimum atomic E-state index is -3.60. The van der Waals surface area contributed by atoms with Gasteiger partial charge in [0, 0.05) is 19.3 Å². The zero-order valence-electron chi connectivity index (χ0n) is 11.5. The Morgan fingerprint density at radius 3 is 2.80 bits per heavy atom. The van der Waals surface area contributed by atoms with Gasteiger partial charge in [-0.25, -0.2) is 18.1 Å². The standard InChI is InChI=1S/C13H18N4O2S/c1-9(10-6-7-10)16-20(18,19)13-12(14-2)15-11-5-3-4-8-17(11)13/h3-5,8-10,14,16H,6-7H2,1-2H3. The Labute approximate surface area is 118 Å². The van der Waals surface area contributed by atoms with E-state index in [0.29, 0.717) is 17.4 Å². The lowest BCUT2D eigenvalue weighted by atomic mass is 10.2. The van der Waals surface area contributed by atoms with Gasteiger partial charge >= 0.3 is 0 Å². The molecule has 20 heavy (non-hydrogen) atoms. The molecular formula is C13H18N4O2S. The second-order valence-electron chi connectivity index (χ2n) is 5.19. The zero-order valence-corrected chi connectivity index (χ0v) is 12.3. The van der Waals surface area contributed by atoms with Crippen LogP contribution in [-0.4, -0.2) is 30.9 Å². The third-order valence-electron chi connectivity index (χ3n) is 3.65. The average Bonchev–Trinajstić information content (AvgIpc) is 3.17. The second kappa shape index (κ2) is 4.75. The molecule has 0 aliphatic heterocycles. The van der Waals surface area contributed by atoms with Crippen molar-refractivity contribution in [1.82, 2.24) is 14.1 Å². The van der Waals surface area contributed by atoms with Crippen LogP contribution in [-0.2, 0) is 10.0 Å². The highest BCUT2D eigenvalue weighted by atomic mass is 32.2. The number of hydrogen-bond acceptors (Lipinski definition) is 4. The molecule has 0 saturated heterocycles. The fourth-order valence-corrected chi connectivity index (χ4v) is 4.00. The molecule has 7 heteroatoms. The molecule has 0 spiro atoms. The van der Waals surface area contributed by atoms with Gasteiger partial charge < -0.3 is 5.32 Å². The van der Waals surface area contributed by atoms with Crippen molar-refractivity contribution in [3.8, 4) is 0 Å². The normalized spacial score (nSPS) is 17.3. The van der Waals surface area contributed by atoms with Crippen LogP contribution < -0.4 is 10.0 Å². The number of aromatic nitrogens is 2. The first-order valence-electron chi connectivity index (χ1n) is 6.70. The van der Waals surface area contributed by atoms with Crippen LogP contribution in [0.5, 0.6) is 0 Å². The Bertz CT molecular complexity index is 734. The predicted octanol–water partition coefficient (Wildman–Crippen LogP) is 1.45. The molecule has 1 aliphatic carbocycles. The van der Waals surface area contributed by atoms with Gasteiger partial charge in [0.05, 0.1) is 0 Å². The van der Waals surface area contributed by atoms with Crippen LogP contribution in [0.4, 0.5) is 5.82 Å². The smallest absolute Gasteiger partial charge is 0.260 e. The molecule has 3 rings (SSSR count). The number of anilines is 1. The highest BCUT2D eigenvalue weighted by molar-refractivity contribution is 7.89. The van der Waals surface area contributed by atoms with Crippen LogP contribution in [0.3, 0.4) is 0 Å². The van der Waals surface area contributed by atoms with Crippen molar-refractivity contribution < 1.29 is 8.42 Å². The third-order valence-corrected chi connectivity index (χ3v) is 5.23.